The van der Waals surface area contributed by atoms with Crippen molar-refractivity contribution in [1.29, 1.82) is 0 Å². The minimum atomic E-state index is -0.293. The Morgan fingerprint density at radius 1 is 1.10 bits per heavy atom. The van der Waals surface area contributed by atoms with Crippen molar-refractivity contribution in [3.05, 3.63) is 77.4 Å². The minimum Gasteiger partial charge on any atom is -0.492 e. The van der Waals surface area contributed by atoms with Gasteiger partial charge in [0.2, 0.25) is 5.95 Å². The fourth-order valence-corrected chi connectivity index (χ4v) is 2.77. The molecule has 7 heteroatoms. The summed E-state index contributed by atoms with van der Waals surface area (Å²) in [5.74, 6) is 0.435. The lowest BCUT2D eigenvalue weighted by Crippen LogP contribution is -2.27. The maximum Gasteiger partial charge on any atom is 0.270 e. The number of hydrogen-bond donors (Lipinski definition) is 2. The summed E-state index contributed by atoms with van der Waals surface area (Å²) in [7, 11) is 0. The third-order valence-corrected chi connectivity index (χ3v) is 4.13. The Morgan fingerprint density at radius 2 is 1.86 bits per heavy atom. The summed E-state index contributed by atoms with van der Waals surface area (Å²) in [6, 6.07) is 15.3. The van der Waals surface area contributed by atoms with E-state index >= 15 is 0 Å². The first kappa shape index (κ1) is 20.3. The second-order valence-corrected chi connectivity index (χ2v) is 6.40. The third-order valence-electron chi connectivity index (χ3n) is 4.13. The van der Waals surface area contributed by atoms with Gasteiger partial charge in [-0.3, -0.25) is 4.79 Å². The summed E-state index contributed by atoms with van der Waals surface area (Å²) in [4.78, 5) is 21.2. The number of para-hydroxylation sites is 2. The van der Waals surface area contributed by atoms with Crippen LogP contribution in [0, 0.1) is 12.7 Å². The third kappa shape index (κ3) is 5.75. The van der Waals surface area contributed by atoms with Gasteiger partial charge in [0.05, 0.1) is 12.3 Å². The van der Waals surface area contributed by atoms with Gasteiger partial charge in [-0.1, -0.05) is 24.3 Å². The molecule has 1 heterocycles. The number of hydrogen-bond acceptors (Lipinski definition) is 5. The molecule has 0 saturated carbocycles. The van der Waals surface area contributed by atoms with Crippen molar-refractivity contribution in [2.24, 2.45) is 0 Å². The molecule has 0 atom stereocenters. The van der Waals surface area contributed by atoms with Gasteiger partial charge >= 0.3 is 0 Å². The van der Waals surface area contributed by atoms with Crippen molar-refractivity contribution in [2.75, 3.05) is 18.5 Å². The normalized spacial score (nSPS) is 10.4. The summed E-state index contributed by atoms with van der Waals surface area (Å²) in [5, 5.41) is 5.95. The number of rotatable bonds is 8. The van der Waals surface area contributed by atoms with Crippen LogP contribution in [0.3, 0.4) is 0 Å². The Balaban J connectivity index is 1.66. The number of amides is 1. The first-order valence-electron chi connectivity index (χ1n) is 9.42. The van der Waals surface area contributed by atoms with Crippen LogP contribution in [0.1, 0.15) is 28.7 Å². The van der Waals surface area contributed by atoms with E-state index < -0.39 is 0 Å². The van der Waals surface area contributed by atoms with Crippen LogP contribution in [0.2, 0.25) is 0 Å². The average Bonchev–Trinajstić information content (AvgIpc) is 2.70. The molecule has 29 heavy (non-hydrogen) atoms. The van der Waals surface area contributed by atoms with Crippen LogP contribution in [0.15, 0.2) is 54.6 Å². The molecule has 0 aliphatic heterocycles. The first-order chi connectivity index (χ1) is 14.0. The van der Waals surface area contributed by atoms with Gasteiger partial charge in [-0.15, -0.1) is 0 Å². The van der Waals surface area contributed by atoms with Crippen molar-refractivity contribution in [3.63, 3.8) is 0 Å². The minimum absolute atomic E-state index is 0.271. The number of nitrogens with one attached hydrogen (secondary N) is 2. The summed E-state index contributed by atoms with van der Waals surface area (Å²) < 4.78 is 18.6. The zero-order valence-electron chi connectivity index (χ0n) is 16.4. The number of anilines is 2. The summed E-state index contributed by atoms with van der Waals surface area (Å²) in [6.45, 7) is 4.67. The fraction of sp³-hybridized carbons (Fsp3) is 0.227. The van der Waals surface area contributed by atoms with E-state index in [0.29, 0.717) is 37.0 Å². The second-order valence-electron chi connectivity index (χ2n) is 6.40. The molecule has 0 saturated heterocycles. The van der Waals surface area contributed by atoms with Crippen molar-refractivity contribution in [1.82, 2.24) is 15.3 Å². The molecule has 0 aliphatic carbocycles. The lowest BCUT2D eigenvalue weighted by atomic mass is 10.1. The fourth-order valence-electron chi connectivity index (χ4n) is 2.77. The van der Waals surface area contributed by atoms with E-state index in [4.69, 9.17) is 4.74 Å². The zero-order valence-corrected chi connectivity index (χ0v) is 16.4. The molecule has 0 radical (unpaired) electrons. The topological polar surface area (TPSA) is 76.1 Å². The maximum atomic E-state index is 13.0. The highest BCUT2D eigenvalue weighted by molar-refractivity contribution is 5.92. The number of nitrogens with zero attached hydrogens (tertiary/aromatic N) is 2. The first-order valence-corrected chi connectivity index (χ1v) is 9.42. The molecule has 0 bridgehead atoms. The van der Waals surface area contributed by atoms with Crippen LogP contribution in [-0.4, -0.2) is 29.0 Å². The molecule has 0 fully saturated rings. The van der Waals surface area contributed by atoms with Crippen LogP contribution >= 0.6 is 0 Å². The van der Waals surface area contributed by atoms with Gasteiger partial charge in [0.15, 0.2) is 0 Å². The molecular weight excluding hydrogens is 371 g/mol. The molecule has 2 N–H and O–H groups in total. The lowest BCUT2D eigenvalue weighted by molar-refractivity contribution is 0.0949. The molecule has 1 amide bonds. The molecule has 0 unspecified atom stereocenters. The van der Waals surface area contributed by atoms with Crippen molar-refractivity contribution >= 4 is 17.5 Å². The number of aromatic nitrogens is 2. The Hall–Kier alpha value is -3.48. The van der Waals surface area contributed by atoms with E-state index in [1.54, 1.807) is 25.1 Å². The predicted molar refractivity (Wildman–Crippen MR) is 110 cm³/mol. The van der Waals surface area contributed by atoms with Crippen LogP contribution < -0.4 is 15.4 Å². The molecule has 3 rings (SSSR count). The second kappa shape index (κ2) is 9.64. The number of halogens is 1. The van der Waals surface area contributed by atoms with E-state index in [1.807, 2.05) is 31.2 Å². The monoisotopic (exact) mass is 394 g/mol. The van der Waals surface area contributed by atoms with Crippen LogP contribution in [0.5, 0.6) is 5.75 Å². The van der Waals surface area contributed by atoms with E-state index in [9.17, 15) is 9.18 Å². The number of ether oxygens (including phenoxy) is 1. The van der Waals surface area contributed by atoms with Gasteiger partial charge in [-0.25, -0.2) is 14.4 Å². The summed E-state index contributed by atoms with van der Waals surface area (Å²) in [6.07, 6.45) is 0.600. The lowest BCUT2D eigenvalue weighted by Gasteiger charge is -2.12. The van der Waals surface area contributed by atoms with Crippen LogP contribution in [0.4, 0.5) is 16.0 Å². The van der Waals surface area contributed by atoms with Gasteiger partial charge in [0.1, 0.15) is 17.3 Å². The predicted octanol–water partition coefficient (Wildman–Crippen LogP) is 4.04. The van der Waals surface area contributed by atoms with E-state index in [2.05, 4.69) is 20.6 Å². The van der Waals surface area contributed by atoms with Crippen LogP contribution in [0.25, 0.3) is 0 Å². The Morgan fingerprint density at radius 3 is 2.62 bits per heavy atom. The molecule has 150 valence electrons. The SMILES string of the molecule is CCOc1ccccc1Nc1nc(C)cc(C(=O)NCCc2ccc(F)cc2)n1. The highest BCUT2D eigenvalue weighted by Crippen LogP contribution is 2.26. The van der Waals surface area contributed by atoms with Crippen molar-refractivity contribution in [3.8, 4) is 5.75 Å². The number of carbonyl (C=O) groups excluding carboxylic acids is 1. The van der Waals surface area contributed by atoms with Crippen molar-refractivity contribution in [2.45, 2.75) is 20.3 Å². The molecule has 2 aromatic carbocycles. The van der Waals surface area contributed by atoms with E-state index in [-0.39, 0.29) is 17.4 Å². The van der Waals surface area contributed by atoms with Gasteiger partial charge in [-0.2, -0.15) is 0 Å². The number of carbonyl (C=O) groups is 1. The maximum absolute atomic E-state index is 13.0. The molecule has 6 nitrogen and oxygen atoms in total. The average molecular weight is 394 g/mol. The van der Waals surface area contributed by atoms with Gasteiger partial charge in [0, 0.05) is 12.2 Å². The number of aryl methyl sites for hydroxylation is 1. The van der Waals surface area contributed by atoms with E-state index in [0.717, 1.165) is 11.3 Å². The Labute approximate surface area is 169 Å². The van der Waals surface area contributed by atoms with Gasteiger partial charge in [0.25, 0.3) is 5.91 Å². The standard InChI is InChI=1S/C22H23FN4O2/c1-3-29-20-7-5-4-6-18(20)26-22-25-15(2)14-19(27-22)21(28)24-13-12-16-8-10-17(23)11-9-16/h4-11,14H,3,12-13H2,1-2H3,(H,24,28)(H,25,26,27). The Kier molecular flexibility index (Phi) is 6.73. The molecule has 0 spiro atoms. The summed E-state index contributed by atoms with van der Waals surface area (Å²) >= 11 is 0. The van der Waals surface area contributed by atoms with Crippen LogP contribution in [-0.2, 0) is 6.42 Å². The number of benzene rings is 2. The highest BCUT2D eigenvalue weighted by Gasteiger charge is 2.12. The quantitative estimate of drug-likeness (QED) is 0.603. The van der Waals surface area contributed by atoms with Crippen molar-refractivity contribution < 1.29 is 13.9 Å². The molecule has 1 aromatic heterocycles. The summed E-state index contributed by atoms with van der Waals surface area (Å²) in [5.41, 5.74) is 2.61. The Bertz CT molecular complexity index is 977. The van der Waals surface area contributed by atoms with E-state index in [1.165, 1.54) is 12.1 Å². The molecule has 0 aliphatic rings. The smallest absolute Gasteiger partial charge is 0.270 e. The van der Waals surface area contributed by atoms with Gasteiger partial charge in [-0.05, 0) is 56.2 Å². The largest absolute Gasteiger partial charge is 0.492 e. The molecular formula is C22H23FN4O2. The van der Waals surface area contributed by atoms with Gasteiger partial charge < -0.3 is 15.4 Å². The zero-order chi connectivity index (χ0) is 20.6. The molecule has 3 aromatic rings. The highest BCUT2D eigenvalue weighted by atomic mass is 19.1.